The fourth-order valence-electron chi connectivity index (χ4n) is 0.819. The van der Waals surface area contributed by atoms with Gasteiger partial charge in [0.2, 0.25) is 0 Å². The Hall–Kier alpha value is -1.23. The van der Waals surface area contributed by atoms with E-state index in [0.717, 1.165) is 0 Å². The highest BCUT2D eigenvalue weighted by Crippen LogP contribution is 2.14. The second-order valence-corrected chi connectivity index (χ2v) is 3.89. The molecule has 0 atom stereocenters. The average molecular weight is 199 g/mol. The summed E-state index contributed by atoms with van der Waals surface area (Å²) in [6.45, 7) is 4.39. The molecule has 2 N–H and O–H groups in total. The molecule has 1 rings (SSSR count). The van der Waals surface area contributed by atoms with Crippen molar-refractivity contribution >= 4 is 5.82 Å². The minimum Gasteiger partial charge on any atom is -0.396 e. The van der Waals surface area contributed by atoms with E-state index in [1.807, 2.05) is 13.8 Å². The van der Waals surface area contributed by atoms with Crippen LogP contribution in [0.15, 0.2) is 12.3 Å². The molecule has 1 heterocycles. The Bertz CT molecular complexity index is 304. The van der Waals surface area contributed by atoms with Crippen LogP contribution in [0.3, 0.4) is 0 Å². The third-order valence-electron chi connectivity index (χ3n) is 1.80. The lowest BCUT2D eigenvalue weighted by atomic mass is 9.95. The number of nitrogens with one attached hydrogen (secondary N) is 1. The largest absolute Gasteiger partial charge is 0.396 e. The number of halogens is 1. The van der Waals surface area contributed by atoms with Gasteiger partial charge in [-0.1, -0.05) is 13.8 Å². The molecule has 5 heteroatoms. The van der Waals surface area contributed by atoms with Gasteiger partial charge in [0.25, 0.3) is 0 Å². The molecule has 4 nitrogen and oxygen atoms in total. The molecule has 0 unspecified atom stereocenters. The van der Waals surface area contributed by atoms with E-state index in [2.05, 4.69) is 15.3 Å². The fourth-order valence-corrected chi connectivity index (χ4v) is 0.819. The number of anilines is 1. The van der Waals surface area contributed by atoms with Crippen LogP contribution in [0.1, 0.15) is 13.8 Å². The summed E-state index contributed by atoms with van der Waals surface area (Å²) in [4.78, 5) is 6.88. The van der Waals surface area contributed by atoms with Gasteiger partial charge in [-0.05, 0) is 6.07 Å². The number of rotatable bonds is 4. The Balaban J connectivity index is 2.54. The maximum atomic E-state index is 12.6. The molecule has 0 saturated heterocycles. The molecule has 1 aromatic rings. The number of aliphatic hydroxyl groups is 1. The standard InChI is InChI=1S/C9H14FN3O/c1-9(2,6-14)5-12-7-3-4-11-8(10)13-7/h3-4,14H,5-6H2,1-2H3,(H,11,12,13). The lowest BCUT2D eigenvalue weighted by Crippen LogP contribution is -2.27. The maximum Gasteiger partial charge on any atom is 0.310 e. The average Bonchev–Trinajstić information content (AvgIpc) is 2.15. The van der Waals surface area contributed by atoms with Gasteiger partial charge in [0, 0.05) is 24.8 Å². The smallest absolute Gasteiger partial charge is 0.310 e. The van der Waals surface area contributed by atoms with E-state index >= 15 is 0 Å². The molecule has 1 aromatic heterocycles. The van der Waals surface area contributed by atoms with Crippen LogP contribution in [0.2, 0.25) is 0 Å². The molecule has 0 amide bonds. The minimum atomic E-state index is -0.753. The van der Waals surface area contributed by atoms with Crippen molar-refractivity contribution in [2.24, 2.45) is 5.41 Å². The van der Waals surface area contributed by atoms with E-state index in [1.165, 1.54) is 6.20 Å². The summed E-state index contributed by atoms with van der Waals surface area (Å²) >= 11 is 0. The second kappa shape index (κ2) is 4.32. The number of hydrogen-bond donors (Lipinski definition) is 2. The van der Waals surface area contributed by atoms with Gasteiger partial charge in [-0.25, -0.2) is 4.98 Å². The van der Waals surface area contributed by atoms with Crippen LogP contribution in [0.5, 0.6) is 0 Å². The number of nitrogens with zero attached hydrogens (tertiary/aromatic N) is 2. The number of aromatic nitrogens is 2. The molecular weight excluding hydrogens is 185 g/mol. The van der Waals surface area contributed by atoms with Crippen molar-refractivity contribution in [3.63, 3.8) is 0 Å². The predicted molar refractivity (Wildman–Crippen MR) is 51.3 cm³/mol. The summed E-state index contributed by atoms with van der Waals surface area (Å²) < 4.78 is 12.6. The Labute approximate surface area is 82.2 Å². The normalized spacial score (nSPS) is 11.4. The Kier molecular flexibility index (Phi) is 3.35. The first-order valence-electron chi connectivity index (χ1n) is 4.37. The van der Waals surface area contributed by atoms with Crippen molar-refractivity contribution in [2.45, 2.75) is 13.8 Å². The zero-order valence-electron chi connectivity index (χ0n) is 8.29. The lowest BCUT2D eigenvalue weighted by Gasteiger charge is -2.21. The minimum absolute atomic E-state index is 0.0631. The monoisotopic (exact) mass is 199 g/mol. The van der Waals surface area contributed by atoms with Gasteiger partial charge in [0.05, 0.1) is 0 Å². The van der Waals surface area contributed by atoms with Gasteiger partial charge in [-0.15, -0.1) is 0 Å². The molecule has 0 aromatic carbocycles. The van der Waals surface area contributed by atoms with E-state index in [4.69, 9.17) is 5.11 Å². The molecule has 0 radical (unpaired) electrons. The first-order valence-corrected chi connectivity index (χ1v) is 4.37. The van der Waals surface area contributed by atoms with Crippen LogP contribution in [-0.2, 0) is 0 Å². The van der Waals surface area contributed by atoms with Crippen molar-refractivity contribution < 1.29 is 9.50 Å². The molecule has 0 saturated carbocycles. The number of hydrogen-bond acceptors (Lipinski definition) is 4. The topological polar surface area (TPSA) is 58.0 Å². The molecular formula is C9H14FN3O. The molecule has 0 aliphatic rings. The van der Waals surface area contributed by atoms with Gasteiger partial charge in [-0.3, -0.25) is 0 Å². The highest BCUT2D eigenvalue weighted by atomic mass is 19.1. The van der Waals surface area contributed by atoms with E-state index in [9.17, 15) is 4.39 Å². The zero-order chi connectivity index (χ0) is 10.6. The van der Waals surface area contributed by atoms with Crippen molar-refractivity contribution in [1.82, 2.24) is 9.97 Å². The Morgan fingerprint density at radius 1 is 1.57 bits per heavy atom. The summed E-state index contributed by atoms with van der Waals surface area (Å²) in [5, 5.41) is 11.9. The van der Waals surface area contributed by atoms with Crippen LogP contribution in [0, 0.1) is 11.5 Å². The number of aliphatic hydroxyl groups excluding tert-OH is 1. The Morgan fingerprint density at radius 3 is 2.86 bits per heavy atom. The van der Waals surface area contributed by atoms with E-state index in [1.54, 1.807) is 6.07 Å². The highest BCUT2D eigenvalue weighted by Gasteiger charge is 2.16. The summed E-state index contributed by atoms with van der Waals surface area (Å²) in [6, 6.07) is 1.58. The maximum absolute atomic E-state index is 12.6. The highest BCUT2D eigenvalue weighted by molar-refractivity contribution is 5.31. The van der Waals surface area contributed by atoms with Crippen LogP contribution < -0.4 is 5.32 Å². The van der Waals surface area contributed by atoms with E-state index in [-0.39, 0.29) is 12.0 Å². The molecule has 0 aliphatic heterocycles. The first kappa shape index (κ1) is 10.8. The van der Waals surface area contributed by atoms with Crippen LogP contribution in [-0.4, -0.2) is 28.2 Å². The third-order valence-corrected chi connectivity index (χ3v) is 1.80. The van der Waals surface area contributed by atoms with Crippen molar-refractivity contribution in [2.75, 3.05) is 18.5 Å². The Morgan fingerprint density at radius 2 is 2.29 bits per heavy atom. The van der Waals surface area contributed by atoms with E-state index in [0.29, 0.717) is 12.4 Å². The molecule has 0 bridgehead atoms. The molecule has 78 valence electrons. The van der Waals surface area contributed by atoms with Crippen molar-refractivity contribution in [3.8, 4) is 0 Å². The first-order chi connectivity index (χ1) is 6.53. The zero-order valence-corrected chi connectivity index (χ0v) is 8.29. The van der Waals surface area contributed by atoms with Gasteiger partial charge < -0.3 is 10.4 Å². The SMILES string of the molecule is CC(C)(CO)CNc1ccnc(F)n1. The molecule has 0 aliphatic carbocycles. The van der Waals surface area contributed by atoms with Gasteiger partial charge in [-0.2, -0.15) is 9.37 Å². The van der Waals surface area contributed by atoms with Crippen LogP contribution in [0.4, 0.5) is 10.2 Å². The second-order valence-electron chi connectivity index (χ2n) is 3.89. The van der Waals surface area contributed by atoms with Crippen molar-refractivity contribution in [3.05, 3.63) is 18.3 Å². The van der Waals surface area contributed by atoms with Crippen molar-refractivity contribution in [1.29, 1.82) is 0 Å². The summed E-state index contributed by atoms with van der Waals surface area (Å²) in [5.41, 5.74) is -0.249. The molecule has 0 fully saturated rings. The summed E-state index contributed by atoms with van der Waals surface area (Å²) in [6.07, 6.45) is 0.591. The fraction of sp³-hybridized carbons (Fsp3) is 0.556. The van der Waals surface area contributed by atoms with Crippen LogP contribution in [0.25, 0.3) is 0 Å². The molecule has 14 heavy (non-hydrogen) atoms. The molecule has 0 spiro atoms. The lowest BCUT2D eigenvalue weighted by molar-refractivity contribution is 0.170. The third kappa shape index (κ3) is 3.26. The van der Waals surface area contributed by atoms with Gasteiger partial charge >= 0.3 is 6.08 Å². The summed E-state index contributed by atoms with van der Waals surface area (Å²) in [7, 11) is 0. The van der Waals surface area contributed by atoms with Crippen LogP contribution >= 0.6 is 0 Å². The van der Waals surface area contributed by atoms with Gasteiger partial charge in [0.1, 0.15) is 5.82 Å². The van der Waals surface area contributed by atoms with E-state index < -0.39 is 6.08 Å². The van der Waals surface area contributed by atoms with Gasteiger partial charge in [0.15, 0.2) is 0 Å². The quantitative estimate of drug-likeness (QED) is 0.711. The summed E-state index contributed by atoms with van der Waals surface area (Å²) in [5.74, 6) is 0.430. The predicted octanol–water partition coefficient (Wildman–Crippen LogP) is 1.05.